The van der Waals surface area contributed by atoms with Crippen LogP contribution in [-0.2, 0) is 19.6 Å². The van der Waals surface area contributed by atoms with Crippen LogP contribution in [0.3, 0.4) is 0 Å². The van der Waals surface area contributed by atoms with Crippen molar-refractivity contribution in [1.29, 1.82) is 0 Å². The predicted molar refractivity (Wildman–Crippen MR) is 113 cm³/mol. The third-order valence-corrected chi connectivity index (χ3v) is 8.45. The minimum atomic E-state index is -3.64. The van der Waals surface area contributed by atoms with Gasteiger partial charge in [0.2, 0.25) is 15.9 Å². The first-order valence-electron chi connectivity index (χ1n) is 10.3. The van der Waals surface area contributed by atoms with E-state index in [4.69, 9.17) is 0 Å². The number of allylic oxidation sites excluding steroid dienone is 2. The van der Waals surface area contributed by atoms with Gasteiger partial charge >= 0.3 is 5.97 Å². The highest BCUT2D eigenvalue weighted by Crippen LogP contribution is 2.35. The Morgan fingerprint density at radius 1 is 0.933 bits per heavy atom. The van der Waals surface area contributed by atoms with Crippen LogP contribution >= 0.6 is 0 Å². The number of amides is 1. The molecule has 1 aromatic carbocycles. The average molecular weight is 435 g/mol. The first-order chi connectivity index (χ1) is 14.0. The molecule has 0 spiro atoms. The van der Waals surface area contributed by atoms with Gasteiger partial charge in [0.05, 0.1) is 16.7 Å². The molecule has 0 bridgehead atoms. The zero-order chi connectivity index (χ0) is 22.2. The van der Waals surface area contributed by atoms with E-state index < -0.39 is 27.8 Å². The molecule has 2 atom stereocenters. The molecule has 0 unspecified atom stereocenters. The van der Waals surface area contributed by atoms with E-state index in [1.54, 1.807) is 24.0 Å². The molecule has 7 nitrogen and oxygen atoms in total. The number of aryl methyl sites for hydroxylation is 2. The molecule has 2 aliphatic rings. The highest BCUT2D eigenvalue weighted by Gasteiger charge is 2.40. The van der Waals surface area contributed by atoms with Crippen LogP contribution in [0.5, 0.6) is 0 Å². The van der Waals surface area contributed by atoms with Crippen LogP contribution in [0.2, 0.25) is 0 Å². The number of carbonyl (C=O) groups is 2. The van der Waals surface area contributed by atoms with Gasteiger partial charge in [0, 0.05) is 26.2 Å². The molecule has 164 valence electrons. The molecule has 1 fully saturated rings. The molecule has 3 rings (SSSR count). The summed E-state index contributed by atoms with van der Waals surface area (Å²) >= 11 is 0. The maximum Gasteiger partial charge on any atom is 0.307 e. The highest BCUT2D eigenvalue weighted by atomic mass is 32.2. The van der Waals surface area contributed by atoms with Crippen molar-refractivity contribution in [2.24, 2.45) is 11.8 Å². The van der Waals surface area contributed by atoms with Crippen molar-refractivity contribution in [3.05, 3.63) is 40.5 Å². The minimum Gasteiger partial charge on any atom is -0.481 e. The molecule has 1 aliphatic carbocycles. The number of hydrogen-bond donors (Lipinski definition) is 1. The lowest BCUT2D eigenvalue weighted by molar-refractivity contribution is -0.151. The average Bonchev–Trinajstić information content (AvgIpc) is 2.70. The third kappa shape index (κ3) is 4.30. The molecule has 0 aromatic heterocycles. The Bertz CT molecular complexity index is 991. The standard InChI is InChI=1S/C22H30N2O5S/c1-14-5-6-15(2)20(11-14)30(28,29)24-9-7-23(8-10-24)21(25)18-12-16(3)17(4)13-19(18)22(26)27/h5-6,11,18-19H,7-10,12-13H2,1-4H3,(H,26,27)/t18-,19+/m1/s1. The van der Waals surface area contributed by atoms with Crippen molar-refractivity contribution < 1.29 is 23.1 Å². The number of piperazine rings is 1. The van der Waals surface area contributed by atoms with Crippen molar-refractivity contribution in [1.82, 2.24) is 9.21 Å². The van der Waals surface area contributed by atoms with E-state index in [1.165, 1.54) is 4.31 Å². The Morgan fingerprint density at radius 2 is 1.50 bits per heavy atom. The van der Waals surface area contributed by atoms with E-state index >= 15 is 0 Å². The molecule has 0 radical (unpaired) electrons. The molecule has 1 aromatic rings. The fourth-order valence-corrected chi connectivity index (χ4v) is 6.05. The first-order valence-corrected chi connectivity index (χ1v) is 11.7. The number of hydrogen-bond acceptors (Lipinski definition) is 4. The van der Waals surface area contributed by atoms with Crippen molar-refractivity contribution in [2.75, 3.05) is 26.2 Å². The second-order valence-electron chi connectivity index (χ2n) is 8.52. The lowest BCUT2D eigenvalue weighted by atomic mass is 9.76. The summed E-state index contributed by atoms with van der Waals surface area (Å²) in [6, 6.07) is 5.36. The molecular formula is C22H30N2O5S. The number of benzene rings is 1. The Balaban J connectivity index is 1.73. The minimum absolute atomic E-state index is 0.182. The summed E-state index contributed by atoms with van der Waals surface area (Å²) in [5, 5.41) is 9.60. The van der Waals surface area contributed by atoms with Crippen LogP contribution in [0.4, 0.5) is 0 Å². The van der Waals surface area contributed by atoms with Gasteiger partial charge in [-0.25, -0.2) is 8.42 Å². The summed E-state index contributed by atoms with van der Waals surface area (Å²) in [7, 11) is -3.64. The Labute approximate surface area is 178 Å². The third-order valence-electron chi connectivity index (χ3n) is 6.41. The van der Waals surface area contributed by atoms with Crippen molar-refractivity contribution in [3.8, 4) is 0 Å². The van der Waals surface area contributed by atoms with Gasteiger partial charge in [0.1, 0.15) is 0 Å². The number of carboxylic acid groups (broad SMARTS) is 1. The van der Waals surface area contributed by atoms with Gasteiger partial charge in [0.15, 0.2) is 0 Å². The van der Waals surface area contributed by atoms with Gasteiger partial charge in [-0.05, 0) is 57.7 Å². The molecule has 1 N–H and O–H groups in total. The normalized spacial score (nSPS) is 23.5. The highest BCUT2D eigenvalue weighted by molar-refractivity contribution is 7.89. The van der Waals surface area contributed by atoms with E-state index in [0.717, 1.165) is 16.7 Å². The molecule has 30 heavy (non-hydrogen) atoms. The Kier molecular flexibility index (Phi) is 6.38. The van der Waals surface area contributed by atoms with Gasteiger partial charge in [-0.1, -0.05) is 23.3 Å². The molecule has 1 heterocycles. The van der Waals surface area contributed by atoms with Crippen molar-refractivity contribution in [3.63, 3.8) is 0 Å². The zero-order valence-electron chi connectivity index (χ0n) is 18.0. The van der Waals surface area contributed by atoms with Gasteiger partial charge in [-0.15, -0.1) is 0 Å². The number of rotatable bonds is 4. The molecular weight excluding hydrogens is 404 g/mol. The topological polar surface area (TPSA) is 95.0 Å². The quantitative estimate of drug-likeness (QED) is 0.735. The molecule has 1 aliphatic heterocycles. The SMILES string of the molecule is CC1=C(C)C[C@@H](C(=O)N2CCN(S(=O)(=O)c3cc(C)ccc3C)CC2)[C@@H](C(=O)O)C1. The number of sulfonamides is 1. The fraction of sp³-hybridized carbons (Fsp3) is 0.545. The van der Waals surface area contributed by atoms with Gasteiger partial charge < -0.3 is 10.0 Å². The van der Waals surface area contributed by atoms with Gasteiger partial charge in [-0.2, -0.15) is 4.31 Å². The molecule has 0 saturated carbocycles. The largest absolute Gasteiger partial charge is 0.481 e. The summed E-state index contributed by atoms with van der Waals surface area (Å²) in [4.78, 5) is 26.8. The van der Waals surface area contributed by atoms with Crippen molar-refractivity contribution in [2.45, 2.75) is 45.4 Å². The van der Waals surface area contributed by atoms with E-state index in [0.29, 0.717) is 23.3 Å². The molecule has 8 heteroatoms. The molecule has 1 amide bonds. The summed E-state index contributed by atoms with van der Waals surface area (Å²) < 4.78 is 27.6. The first kappa shape index (κ1) is 22.5. The number of carboxylic acids is 1. The van der Waals surface area contributed by atoms with Crippen LogP contribution in [0, 0.1) is 25.7 Å². The lowest BCUT2D eigenvalue weighted by Gasteiger charge is -2.38. The van der Waals surface area contributed by atoms with Crippen LogP contribution in [0.25, 0.3) is 0 Å². The summed E-state index contributed by atoms with van der Waals surface area (Å²) in [5.74, 6) is -2.44. The smallest absolute Gasteiger partial charge is 0.307 e. The predicted octanol–water partition coefficient (Wildman–Crippen LogP) is 2.58. The summed E-state index contributed by atoms with van der Waals surface area (Å²) in [6.07, 6.45) is 0.835. The van der Waals surface area contributed by atoms with Crippen molar-refractivity contribution >= 4 is 21.9 Å². The van der Waals surface area contributed by atoms with Crippen LogP contribution in [0.15, 0.2) is 34.2 Å². The van der Waals surface area contributed by atoms with E-state index in [1.807, 2.05) is 26.8 Å². The zero-order valence-corrected chi connectivity index (χ0v) is 18.8. The summed E-state index contributed by atoms with van der Waals surface area (Å²) in [6.45, 7) is 8.46. The maximum atomic E-state index is 13.1. The van der Waals surface area contributed by atoms with Crippen LogP contribution in [-0.4, -0.2) is 60.8 Å². The monoisotopic (exact) mass is 434 g/mol. The van der Waals surface area contributed by atoms with Gasteiger partial charge in [0.25, 0.3) is 0 Å². The lowest BCUT2D eigenvalue weighted by Crippen LogP contribution is -2.53. The maximum absolute atomic E-state index is 13.1. The number of nitrogens with zero attached hydrogens (tertiary/aromatic N) is 2. The Hall–Kier alpha value is -2.19. The van der Waals surface area contributed by atoms with E-state index in [-0.39, 0.29) is 32.1 Å². The van der Waals surface area contributed by atoms with E-state index in [9.17, 15) is 23.1 Å². The summed E-state index contributed by atoms with van der Waals surface area (Å²) in [5.41, 5.74) is 3.69. The van der Waals surface area contributed by atoms with Crippen LogP contribution in [0.1, 0.15) is 37.8 Å². The molecule has 1 saturated heterocycles. The second-order valence-corrected chi connectivity index (χ2v) is 10.4. The Morgan fingerprint density at radius 3 is 2.07 bits per heavy atom. The number of aliphatic carboxylic acids is 1. The van der Waals surface area contributed by atoms with Crippen LogP contribution < -0.4 is 0 Å². The van der Waals surface area contributed by atoms with E-state index in [2.05, 4.69) is 0 Å². The fourth-order valence-electron chi connectivity index (χ4n) is 4.32. The second kappa shape index (κ2) is 8.51. The van der Waals surface area contributed by atoms with Gasteiger partial charge in [-0.3, -0.25) is 9.59 Å². The number of carbonyl (C=O) groups excluding carboxylic acids is 1.